The van der Waals surface area contributed by atoms with Crippen LogP contribution in [0, 0.1) is 6.92 Å². The average Bonchev–Trinajstić information content (AvgIpc) is 2.67. The van der Waals surface area contributed by atoms with Crippen LogP contribution in [0.25, 0.3) is 0 Å². The summed E-state index contributed by atoms with van der Waals surface area (Å²) in [6, 6.07) is 11.8. The summed E-state index contributed by atoms with van der Waals surface area (Å²) in [6.45, 7) is 7.94. The van der Waals surface area contributed by atoms with Gasteiger partial charge in [-0.05, 0) is 57.9 Å². The summed E-state index contributed by atoms with van der Waals surface area (Å²) in [5.74, 6) is 1.60. The first-order valence-corrected chi connectivity index (χ1v) is 8.52. The largest absolute Gasteiger partial charge is 0.455 e. The number of aromatic nitrogens is 1. The quantitative estimate of drug-likeness (QED) is 0.883. The molecule has 0 fully saturated rings. The minimum Gasteiger partial charge on any atom is -0.455 e. The third kappa shape index (κ3) is 4.29. The number of nitrogens with zero attached hydrogens (tertiary/aromatic N) is 1. The maximum absolute atomic E-state index is 12.0. The SMILES string of the molecule is Cc1ccc2c(n1)C(CNC(=O)OC(C)(C)C)Cc1ccccc1O2. The minimum atomic E-state index is -0.518. The molecule has 3 rings (SSSR count). The van der Waals surface area contributed by atoms with Gasteiger partial charge in [-0.15, -0.1) is 0 Å². The lowest BCUT2D eigenvalue weighted by atomic mass is 9.95. The van der Waals surface area contributed by atoms with Gasteiger partial charge in [-0.1, -0.05) is 18.2 Å². The van der Waals surface area contributed by atoms with Crippen molar-refractivity contribution in [2.45, 2.75) is 45.6 Å². The van der Waals surface area contributed by atoms with E-state index in [1.165, 1.54) is 0 Å². The van der Waals surface area contributed by atoms with Crippen molar-refractivity contribution in [1.29, 1.82) is 0 Å². The lowest BCUT2D eigenvalue weighted by Gasteiger charge is -2.21. The number of amides is 1. The smallest absolute Gasteiger partial charge is 0.407 e. The van der Waals surface area contributed by atoms with Crippen molar-refractivity contribution in [2.24, 2.45) is 0 Å². The van der Waals surface area contributed by atoms with E-state index in [4.69, 9.17) is 9.47 Å². The van der Waals surface area contributed by atoms with E-state index in [9.17, 15) is 4.79 Å². The fraction of sp³-hybridized carbons (Fsp3) is 0.400. The van der Waals surface area contributed by atoms with Crippen molar-refractivity contribution in [2.75, 3.05) is 6.54 Å². The summed E-state index contributed by atoms with van der Waals surface area (Å²) in [5.41, 5.74) is 2.38. The van der Waals surface area contributed by atoms with Crippen LogP contribution in [0.2, 0.25) is 0 Å². The van der Waals surface area contributed by atoms with Gasteiger partial charge in [-0.3, -0.25) is 4.98 Å². The van der Waals surface area contributed by atoms with Gasteiger partial charge in [0, 0.05) is 18.2 Å². The van der Waals surface area contributed by atoms with Gasteiger partial charge in [0.15, 0.2) is 0 Å². The molecule has 1 aromatic heterocycles. The molecule has 1 atom stereocenters. The Labute approximate surface area is 148 Å². The van der Waals surface area contributed by atoms with Gasteiger partial charge in [0.1, 0.15) is 17.1 Å². The normalized spacial score (nSPS) is 16.1. The second-order valence-corrected chi connectivity index (χ2v) is 7.33. The first-order valence-electron chi connectivity index (χ1n) is 8.52. The van der Waals surface area contributed by atoms with Crippen LogP contribution in [0.5, 0.6) is 11.5 Å². The van der Waals surface area contributed by atoms with E-state index in [1.54, 1.807) is 0 Å². The Kier molecular flexibility index (Phi) is 4.66. The van der Waals surface area contributed by atoms with Crippen LogP contribution in [0.15, 0.2) is 36.4 Å². The highest BCUT2D eigenvalue weighted by atomic mass is 16.6. The van der Waals surface area contributed by atoms with Gasteiger partial charge < -0.3 is 14.8 Å². The highest BCUT2D eigenvalue weighted by Crippen LogP contribution is 2.38. The molecule has 1 aromatic carbocycles. The Morgan fingerprint density at radius 2 is 2.00 bits per heavy atom. The molecule has 1 amide bonds. The van der Waals surface area contributed by atoms with Gasteiger partial charge in [-0.25, -0.2) is 4.79 Å². The van der Waals surface area contributed by atoms with Gasteiger partial charge in [0.25, 0.3) is 0 Å². The zero-order valence-corrected chi connectivity index (χ0v) is 15.1. The van der Waals surface area contributed by atoms with Crippen molar-refractivity contribution < 1.29 is 14.3 Å². The number of alkyl carbamates (subject to hydrolysis) is 1. The molecule has 5 nitrogen and oxygen atoms in total. The molecular weight excluding hydrogens is 316 g/mol. The Morgan fingerprint density at radius 1 is 1.24 bits per heavy atom. The third-order valence-corrected chi connectivity index (χ3v) is 3.96. The molecule has 1 unspecified atom stereocenters. The summed E-state index contributed by atoms with van der Waals surface area (Å²) in [6.07, 6.45) is 0.329. The molecule has 0 bridgehead atoms. The third-order valence-electron chi connectivity index (χ3n) is 3.96. The lowest BCUT2D eigenvalue weighted by Crippen LogP contribution is -2.35. The van der Waals surface area contributed by atoms with E-state index in [2.05, 4.69) is 16.4 Å². The zero-order valence-electron chi connectivity index (χ0n) is 15.1. The van der Waals surface area contributed by atoms with Gasteiger partial charge in [0.2, 0.25) is 0 Å². The summed E-state index contributed by atoms with van der Waals surface area (Å²) in [5, 5.41) is 2.87. The van der Waals surface area contributed by atoms with Gasteiger partial charge in [0.05, 0.1) is 5.69 Å². The number of rotatable bonds is 2. The number of pyridine rings is 1. The highest BCUT2D eigenvalue weighted by Gasteiger charge is 2.26. The first kappa shape index (κ1) is 17.3. The average molecular weight is 340 g/mol. The molecule has 5 heteroatoms. The molecule has 0 spiro atoms. The Balaban J connectivity index is 1.84. The second-order valence-electron chi connectivity index (χ2n) is 7.33. The maximum Gasteiger partial charge on any atom is 0.407 e. The summed E-state index contributed by atoms with van der Waals surface area (Å²) in [7, 11) is 0. The van der Waals surface area contributed by atoms with E-state index in [0.717, 1.165) is 34.9 Å². The van der Waals surface area contributed by atoms with Crippen LogP contribution in [0.4, 0.5) is 4.79 Å². The number of nitrogens with one attached hydrogen (secondary N) is 1. The molecule has 1 aliphatic heterocycles. The van der Waals surface area contributed by atoms with Crippen LogP contribution in [0.1, 0.15) is 43.6 Å². The van der Waals surface area contributed by atoms with E-state index in [0.29, 0.717) is 6.54 Å². The molecule has 1 aliphatic rings. The fourth-order valence-corrected chi connectivity index (χ4v) is 2.88. The number of hydrogen-bond acceptors (Lipinski definition) is 4. The summed E-state index contributed by atoms with van der Waals surface area (Å²) in [4.78, 5) is 16.7. The number of fused-ring (bicyclic) bond motifs is 2. The van der Waals surface area contributed by atoms with Crippen LogP contribution in [-0.2, 0) is 11.2 Å². The summed E-state index contributed by atoms with van der Waals surface area (Å²) >= 11 is 0. The monoisotopic (exact) mass is 340 g/mol. The number of para-hydroxylation sites is 1. The van der Waals surface area contributed by atoms with E-state index >= 15 is 0 Å². The molecular formula is C20H24N2O3. The van der Waals surface area contributed by atoms with Gasteiger partial charge >= 0.3 is 6.09 Å². The van der Waals surface area contributed by atoms with Crippen molar-refractivity contribution in [3.8, 4) is 11.5 Å². The van der Waals surface area contributed by atoms with Crippen LogP contribution >= 0.6 is 0 Å². The predicted molar refractivity (Wildman–Crippen MR) is 96.2 cm³/mol. The number of hydrogen-bond donors (Lipinski definition) is 1. The van der Waals surface area contributed by atoms with Crippen molar-refractivity contribution in [3.05, 3.63) is 53.3 Å². The standard InChI is InChI=1S/C20H24N2O3/c1-13-9-10-17-18(22-13)15(12-21-19(23)25-20(2,3)4)11-14-7-5-6-8-16(14)24-17/h5-10,15H,11-12H2,1-4H3,(H,21,23). The Morgan fingerprint density at radius 3 is 2.76 bits per heavy atom. The molecule has 0 saturated heterocycles. The van der Waals surface area contributed by atoms with E-state index in [-0.39, 0.29) is 5.92 Å². The summed E-state index contributed by atoms with van der Waals surface area (Å²) < 4.78 is 11.4. The van der Waals surface area contributed by atoms with Crippen molar-refractivity contribution in [1.82, 2.24) is 10.3 Å². The number of carbonyl (C=O) groups excluding carboxylic acids is 1. The van der Waals surface area contributed by atoms with Gasteiger partial charge in [-0.2, -0.15) is 0 Å². The van der Waals surface area contributed by atoms with Crippen molar-refractivity contribution in [3.63, 3.8) is 0 Å². The number of benzene rings is 1. The fourth-order valence-electron chi connectivity index (χ4n) is 2.88. The topological polar surface area (TPSA) is 60.5 Å². The highest BCUT2D eigenvalue weighted by molar-refractivity contribution is 5.67. The molecule has 25 heavy (non-hydrogen) atoms. The Hall–Kier alpha value is -2.56. The number of aryl methyl sites for hydroxylation is 1. The van der Waals surface area contributed by atoms with E-state index < -0.39 is 11.7 Å². The van der Waals surface area contributed by atoms with E-state index in [1.807, 2.05) is 58.0 Å². The predicted octanol–water partition coefficient (Wildman–Crippen LogP) is 4.35. The van der Waals surface area contributed by atoms with Crippen LogP contribution in [0.3, 0.4) is 0 Å². The molecule has 2 heterocycles. The Bertz CT molecular complexity index is 781. The lowest BCUT2D eigenvalue weighted by molar-refractivity contribution is 0.0524. The number of carbonyl (C=O) groups is 1. The van der Waals surface area contributed by atoms with Crippen molar-refractivity contribution >= 4 is 6.09 Å². The zero-order chi connectivity index (χ0) is 18.0. The second kappa shape index (κ2) is 6.75. The van der Waals surface area contributed by atoms with Crippen LogP contribution in [-0.4, -0.2) is 23.2 Å². The molecule has 0 aliphatic carbocycles. The molecule has 1 N–H and O–H groups in total. The molecule has 2 aromatic rings. The number of ether oxygens (including phenoxy) is 2. The molecule has 0 radical (unpaired) electrons. The molecule has 0 saturated carbocycles. The first-order chi connectivity index (χ1) is 11.8. The minimum absolute atomic E-state index is 0.0195. The molecule has 132 valence electrons. The van der Waals surface area contributed by atoms with Crippen LogP contribution < -0.4 is 10.1 Å². The maximum atomic E-state index is 12.0.